The minimum Gasteiger partial charge on any atom is -0.507 e. The third-order valence-corrected chi connectivity index (χ3v) is 5.85. The second-order valence-electron chi connectivity index (χ2n) is 7.92. The van der Waals surface area contributed by atoms with E-state index < -0.39 is 17.7 Å². The van der Waals surface area contributed by atoms with E-state index in [1.807, 2.05) is 45.0 Å². The first-order chi connectivity index (χ1) is 15.3. The van der Waals surface area contributed by atoms with Crippen LogP contribution >= 0.6 is 0 Å². The fourth-order valence-corrected chi connectivity index (χ4v) is 3.99. The number of hydrogen-bond acceptors (Lipinski definition) is 5. The molecule has 0 bridgehead atoms. The summed E-state index contributed by atoms with van der Waals surface area (Å²) in [4.78, 5) is 32.0. The van der Waals surface area contributed by atoms with Crippen LogP contribution in [0.15, 0.2) is 66.5 Å². The number of nitrogens with zero attached hydrogens (tertiary/aromatic N) is 2. The Morgan fingerprint density at radius 1 is 0.969 bits per heavy atom. The van der Waals surface area contributed by atoms with Crippen molar-refractivity contribution in [2.75, 3.05) is 12.0 Å². The number of aromatic nitrogens is 1. The van der Waals surface area contributed by atoms with Gasteiger partial charge in [-0.25, -0.2) is 0 Å². The van der Waals surface area contributed by atoms with Crippen molar-refractivity contribution >= 4 is 23.1 Å². The van der Waals surface area contributed by atoms with E-state index in [1.165, 1.54) is 12.0 Å². The van der Waals surface area contributed by atoms with Gasteiger partial charge >= 0.3 is 0 Å². The van der Waals surface area contributed by atoms with Crippen molar-refractivity contribution in [1.82, 2.24) is 4.98 Å². The van der Waals surface area contributed by atoms with Gasteiger partial charge in [0.05, 0.1) is 24.3 Å². The summed E-state index contributed by atoms with van der Waals surface area (Å²) < 4.78 is 5.41. The number of aliphatic hydroxyl groups is 1. The van der Waals surface area contributed by atoms with Gasteiger partial charge in [-0.05, 0) is 73.9 Å². The molecule has 1 atom stereocenters. The van der Waals surface area contributed by atoms with Gasteiger partial charge < -0.3 is 9.84 Å². The van der Waals surface area contributed by atoms with Crippen LogP contribution in [-0.4, -0.2) is 28.9 Å². The summed E-state index contributed by atoms with van der Waals surface area (Å²) in [7, 11) is 1.50. The van der Waals surface area contributed by atoms with Gasteiger partial charge in [0.1, 0.15) is 11.5 Å². The van der Waals surface area contributed by atoms with Crippen LogP contribution in [0.5, 0.6) is 5.75 Å². The van der Waals surface area contributed by atoms with Gasteiger partial charge in [0.25, 0.3) is 11.7 Å². The summed E-state index contributed by atoms with van der Waals surface area (Å²) in [6, 6.07) is 13.6. The number of rotatable bonds is 4. The van der Waals surface area contributed by atoms with E-state index in [-0.39, 0.29) is 11.3 Å². The molecular formula is C26H24N2O4. The quantitative estimate of drug-likeness (QED) is 0.372. The lowest BCUT2D eigenvalue weighted by Crippen LogP contribution is -2.29. The highest BCUT2D eigenvalue weighted by atomic mass is 16.5. The van der Waals surface area contributed by atoms with E-state index in [2.05, 4.69) is 4.98 Å². The molecule has 0 radical (unpaired) electrons. The SMILES string of the molecule is COc1ccc(C)cc1/C(O)=C1\C(=O)C(=O)N(c2ccc(C)c(C)c2)C1c1ccncc1. The second kappa shape index (κ2) is 8.30. The normalized spacial score (nSPS) is 17.6. The van der Waals surface area contributed by atoms with Crippen molar-refractivity contribution < 1.29 is 19.4 Å². The van der Waals surface area contributed by atoms with Crippen LogP contribution in [0.3, 0.4) is 0 Å². The molecule has 2 aromatic carbocycles. The van der Waals surface area contributed by atoms with Gasteiger partial charge in [0.2, 0.25) is 0 Å². The highest BCUT2D eigenvalue weighted by Crippen LogP contribution is 2.43. The van der Waals surface area contributed by atoms with Gasteiger partial charge in [0, 0.05) is 18.1 Å². The van der Waals surface area contributed by atoms with Crippen LogP contribution in [0.2, 0.25) is 0 Å². The molecule has 4 rings (SSSR count). The van der Waals surface area contributed by atoms with Crippen molar-refractivity contribution in [3.05, 3.63) is 94.3 Å². The second-order valence-corrected chi connectivity index (χ2v) is 7.92. The zero-order valence-corrected chi connectivity index (χ0v) is 18.4. The van der Waals surface area contributed by atoms with E-state index in [0.717, 1.165) is 16.7 Å². The molecule has 162 valence electrons. The number of hydrogen-bond donors (Lipinski definition) is 1. The number of benzene rings is 2. The molecule has 1 aliphatic rings. The van der Waals surface area contributed by atoms with E-state index in [4.69, 9.17) is 4.74 Å². The van der Waals surface area contributed by atoms with Gasteiger partial charge in [0.15, 0.2) is 0 Å². The van der Waals surface area contributed by atoms with E-state index in [1.54, 1.807) is 36.7 Å². The average molecular weight is 428 g/mol. The number of aliphatic hydroxyl groups excluding tert-OH is 1. The third-order valence-electron chi connectivity index (χ3n) is 5.85. The lowest BCUT2D eigenvalue weighted by molar-refractivity contribution is -0.132. The summed E-state index contributed by atoms with van der Waals surface area (Å²) in [5.41, 5.74) is 4.61. The Bertz CT molecular complexity index is 1250. The maximum atomic E-state index is 13.3. The lowest BCUT2D eigenvalue weighted by atomic mass is 9.95. The number of ether oxygens (including phenoxy) is 1. The highest BCUT2D eigenvalue weighted by molar-refractivity contribution is 6.51. The third kappa shape index (κ3) is 3.54. The monoisotopic (exact) mass is 428 g/mol. The van der Waals surface area contributed by atoms with E-state index >= 15 is 0 Å². The van der Waals surface area contributed by atoms with E-state index in [9.17, 15) is 14.7 Å². The number of anilines is 1. The molecule has 0 saturated carbocycles. The molecule has 2 heterocycles. The average Bonchev–Trinajstić information content (AvgIpc) is 3.06. The summed E-state index contributed by atoms with van der Waals surface area (Å²) in [5.74, 6) is -1.29. The summed E-state index contributed by atoms with van der Waals surface area (Å²) in [5, 5.41) is 11.3. The standard InChI is InChI=1S/C26H24N2O4/c1-15-5-8-21(32-4)20(13-15)24(29)22-23(18-9-11-27-12-10-18)28(26(31)25(22)30)19-7-6-16(2)17(3)14-19/h5-14,23,29H,1-4H3/b24-22+. The Labute approximate surface area is 186 Å². The van der Waals surface area contributed by atoms with Crippen molar-refractivity contribution in [3.8, 4) is 5.75 Å². The first-order valence-corrected chi connectivity index (χ1v) is 10.3. The van der Waals surface area contributed by atoms with Crippen molar-refractivity contribution in [2.45, 2.75) is 26.8 Å². The van der Waals surface area contributed by atoms with Gasteiger partial charge in [-0.15, -0.1) is 0 Å². The number of Topliss-reactive ketones (excluding diaryl/α,β-unsaturated/α-hetero) is 1. The first kappa shape index (κ1) is 21.3. The Morgan fingerprint density at radius 3 is 2.34 bits per heavy atom. The number of ketones is 1. The van der Waals surface area contributed by atoms with Gasteiger partial charge in [-0.2, -0.15) is 0 Å². The molecule has 6 heteroatoms. The molecule has 32 heavy (non-hydrogen) atoms. The number of amides is 1. The smallest absolute Gasteiger partial charge is 0.300 e. The Balaban J connectivity index is 1.98. The predicted octanol–water partition coefficient (Wildman–Crippen LogP) is 4.64. The molecular weight excluding hydrogens is 404 g/mol. The molecule has 1 aromatic heterocycles. The lowest BCUT2D eigenvalue weighted by Gasteiger charge is -2.26. The first-order valence-electron chi connectivity index (χ1n) is 10.3. The molecule has 1 fully saturated rings. The maximum Gasteiger partial charge on any atom is 0.300 e. The Kier molecular flexibility index (Phi) is 5.53. The van der Waals surface area contributed by atoms with Crippen LogP contribution in [0.1, 0.15) is 33.9 Å². The fourth-order valence-electron chi connectivity index (χ4n) is 3.99. The molecule has 6 nitrogen and oxygen atoms in total. The molecule has 0 aliphatic carbocycles. The van der Waals surface area contributed by atoms with Crippen LogP contribution < -0.4 is 9.64 Å². The van der Waals surface area contributed by atoms with E-state index in [0.29, 0.717) is 22.6 Å². The molecule has 1 amide bonds. The minimum absolute atomic E-state index is 0.0170. The predicted molar refractivity (Wildman–Crippen MR) is 123 cm³/mol. The van der Waals surface area contributed by atoms with Crippen molar-refractivity contribution in [3.63, 3.8) is 0 Å². The zero-order valence-electron chi connectivity index (χ0n) is 18.4. The number of carbonyl (C=O) groups is 2. The van der Waals surface area contributed by atoms with Crippen LogP contribution in [0.25, 0.3) is 5.76 Å². The summed E-state index contributed by atoms with van der Waals surface area (Å²) in [6.45, 7) is 5.82. The van der Waals surface area contributed by atoms with Crippen molar-refractivity contribution in [2.24, 2.45) is 0 Å². The maximum absolute atomic E-state index is 13.3. The van der Waals surface area contributed by atoms with Crippen LogP contribution in [-0.2, 0) is 9.59 Å². The molecule has 1 N–H and O–H groups in total. The summed E-state index contributed by atoms with van der Waals surface area (Å²) >= 11 is 0. The number of aryl methyl sites for hydroxylation is 3. The Morgan fingerprint density at radius 2 is 1.69 bits per heavy atom. The molecule has 1 unspecified atom stereocenters. The zero-order chi connectivity index (χ0) is 23.0. The number of methoxy groups -OCH3 is 1. The number of carbonyl (C=O) groups excluding carboxylic acids is 2. The number of pyridine rings is 1. The topological polar surface area (TPSA) is 79.7 Å². The van der Waals surface area contributed by atoms with Crippen molar-refractivity contribution in [1.29, 1.82) is 0 Å². The largest absolute Gasteiger partial charge is 0.507 e. The van der Waals surface area contributed by atoms with Crippen LogP contribution in [0, 0.1) is 20.8 Å². The highest BCUT2D eigenvalue weighted by Gasteiger charge is 2.47. The minimum atomic E-state index is -0.801. The van der Waals surface area contributed by atoms with Gasteiger partial charge in [-0.1, -0.05) is 17.7 Å². The molecule has 3 aromatic rings. The fraction of sp³-hybridized carbons (Fsp3) is 0.192. The molecule has 1 saturated heterocycles. The molecule has 1 aliphatic heterocycles. The Hall–Kier alpha value is -3.93. The van der Waals surface area contributed by atoms with Gasteiger partial charge in [-0.3, -0.25) is 19.5 Å². The van der Waals surface area contributed by atoms with Crippen LogP contribution in [0.4, 0.5) is 5.69 Å². The summed E-state index contributed by atoms with van der Waals surface area (Å²) in [6.07, 6.45) is 3.20. The molecule has 0 spiro atoms.